The molecule has 2 heterocycles. The maximum atomic E-state index is 12.5. The van der Waals surface area contributed by atoms with Crippen LogP contribution in [0.2, 0.25) is 0 Å². The van der Waals surface area contributed by atoms with Crippen LogP contribution in [0, 0.1) is 11.8 Å². The fourth-order valence-electron chi connectivity index (χ4n) is 3.13. The van der Waals surface area contributed by atoms with Crippen molar-refractivity contribution < 1.29 is 19.5 Å². The van der Waals surface area contributed by atoms with Crippen molar-refractivity contribution in [1.29, 1.82) is 0 Å². The average Bonchev–Trinajstić information content (AvgIpc) is 2.80. The van der Waals surface area contributed by atoms with Crippen molar-refractivity contribution >= 4 is 17.8 Å². The summed E-state index contributed by atoms with van der Waals surface area (Å²) in [6, 6.07) is 0. The summed E-state index contributed by atoms with van der Waals surface area (Å²) >= 11 is 0. The summed E-state index contributed by atoms with van der Waals surface area (Å²) < 4.78 is 0. The molecule has 2 aliphatic heterocycles. The van der Waals surface area contributed by atoms with E-state index in [4.69, 9.17) is 5.11 Å². The van der Waals surface area contributed by atoms with Crippen LogP contribution >= 0.6 is 0 Å². The largest absolute Gasteiger partial charge is 0.481 e. The highest BCUT2D eigenvalue weighted by Gasteiger charge is 2.41. The number of rotatable bonds is 2. The van der Waals surface area contributed by atoms with Gasteiger partial charge in [0.15, 0.2) is 0 Å². The molecule has 1 unspecified atom stereocenters. The van der Waals surface area contributed by atoms with E-state index in [9.17, 15) is 14.4 Å². The van der Waals surface area contributed by atoms with Crippen LogP contribution in [0.15, 0.2) is 0 Å². The molecule has 2 amide bonds. The van der Waals surface area contributed by atoms with Crippen molar-refractivity contribution in [1.82, 2.24) is 9.80 Å². The second-order valence-electron chi connectivity index (χ2n) is 7.01. The lowest BCUT2D eigenvalue weighted by Crippen LogP contribution is -2.45. The molecular formula is C15H24N2O4. The van der Waals surface area contributed by atoms with Crippen molar-refractivity contribution in [2.75, 3.05) is 19.6 Å². The number of nitrogens with zero attached hydrogens (tertiary/aromatic N) is 2. The van der Waals surface area contributed by atoms with E-state index in [2.05, 4.69) is 0 Å². The first-order chi connectivity index (χ1) is 9.70. The van der Waals surface area contributed by atoms with Crippen molar-refractivity contribution in [3.05, 3.63) is 0 Å². The summed E-state index contributed by atoms with van der Waals surface area (Å²) in [6.45, 7) is 7.34. The second-order valence-corrected chi connectivity index (χ2v) is 7.01. The lowest BCUT2D eigenvalue weighted by molar-refractivity contribution is -0.146. The van der Waals surface area contributed by atoms with E-state index in [1.54, 1.807) is 9.80 Å². The molecule has 2 aliphatic rings. The molecule has 6 nitrogen and oxygen atoms in total. The van der Waals surface area contributed by atoms with Gasteiger partial charge in [0.1, 0.15) is 0 Å². The maximum absolute atomic E-state index is 12.5. The van der Waals surface area contributed by atoms with Gasteiger partial charge in [-0.1, -0.05) is 0 Å². The molecule has 0 aromatic heterocycles. The minimum Gasteiger partial charge on any atom is -0.481 e. The van der Waals surface area contributed by atoms with Gasteiger partial charge in [-0.25, -0.2) is 0 Å². The van der Waals surface area contributed by atoms with Gasteiger partial charge in [0.05, 0.1) is 11.8 Å². The first kappa shape index (κ1) is 15.8. The van der Waals surface area contributed by atoms with E-state index in [0.717, 1.165) is 0 Å². The molecule has 0 aliphatic carbocycles. The van der Waals surface area contributed by atoms with Crippen LogP contribution in [0.1, 0.15) is 40.0 Å². The molecule has 21 heavy (non-hydrogen) atoms. The maximum Gasteiger partial charge on any atom is 0.306 e. The number of carbonyl (C=O) groups is 3. The monoisotopic (exact) mass is 296 g/mol. The zero-order valence-electron chi connectivity index (χ0n) is 13.0. The van der Waals surface area contributed by atoms with Crippen LogP contribution in [0.25, 0.3) is 0 Å². The number of carbonyl (C=O) groups excluding carboxylic acids is 2. The third kappa shape index (κ3) is 3.36. The molecule has 0 spiro atoms. The van der Waals surface area contributed by atoms with Gasteiger partial charge in [-0.05, 0) is 33.6 Å². The quantitative estimate of drug-likeness (QED) is 0.823. The second kappa shape index (κ2) is 5.66. The molecule has 0 radical (unpaired) electrons. The Bertz CT molecular complexity index is 447. The summed E-state index contributed by atoms with van der Waals surface area (Å²) in [4.78, 5) is 38.9. The highest BCUT2D eigenvalue weighted by Crippen LogP contribution is 2.28. The number of aliphatic carboxylic acids is 1. The summed E-state index contributed by atoms with van der Waals surface area (Å²) in [5, 5.41) is 8.98. The highest BCUT2D eigenvalue weighted by molar-refractivity contribution is 5.89. The Balaban J connectivity index is 1.94. The van der Waals surface area contributed by atoms with Crippen LogP contribution in [-0.2, 0) is 14.4 Å². The van der Waals surface area contributed by atoms with Crippen molar-refractivity contribution in [3.63, 3.8) is 0 Å². The molecule has 1 atom stereocenters. The average molecular weight is 296 g/mol. The summed E-state index contributed by atoms with van der Waals surface area (Å²) in [6.07, 6.45) is 1.28. The van der Waals surface area contributed by atoms with Gasteiger partial charge in [-0.2, -0.15) is 0 Å². The standard InChI is InChI=1S/C15H24N2O4/c1-15(2,3)17-9-11(8-12(17)18)13(19)16-6-4-10(5-7-16)14(20)21/h10-11H,4-9H2,1-3H3,(H,20,21). The number of carboxylic acids is 1. The predicted molar refractivity (Wildman–Crippen MR) is 76.5 cm³/mol. The zero-order valence-corrected chi connectivity index (χ0v) is 13.0. The van der Waals surface area contributed by atoms with Crippen molar-refractivity contribution in [2.45, 2.75) is 45.6 Å². The van der Waals surface area contributed by atoms with E-state index in [-0.39, 0.29) is 35.6 Å². The summed E-state index contributed by atoms with van der Waals surface area (Å²) in [5.41, 5.74) is -0.261. The number of hydrogen-bond donors (Lipinski definition) is 1. The number of hydrogen-bond acceptors (Lipinski definition) is 3. The Morgan fingerprint density at radius 2 is 1.71 bits per heavy atom. The molecule has 118 valence electrons. The fourth-order valence-corrected chi connectivity index (χ4v) is 3.13. The van der Waals surface area contributed by atoms with E-state index >= 15 is 0 Å². The Kier molecular flexibility index (Phi) is 4.25. The number of amides is 2. The van der Waals surface area contributed by atoms with Crippen LogP contribution < -0.4 is 0 Å². The minimum atomic E-state index is -0.781. The van der Waals surface area contributed by atoms with Gasteiger partial charge in [0, 0.05) is 31.6 Å². The highest BCUT2D eigenvalue weighted by atomic mass is 16.4. The van der Waals surface area contributed by atoms with Crippen LogP contribution in [0.3, 0.4) is 0 Å². The molecule has 2 fully saturated rings. The molecule has 2 rings (SSSR count). The number of carboxylic acid groups (broad SMARTS) is 1. The Hall–Kier alpha value is -1.59. The zero-order chi connectivity index (χ0) is 15.8. The Morgan fingerprint density at radius 3 is 2.14 bits per heavy atom. The van der Waals surface area contributed by atoms with E-state index < -0.39 is 5.97 Å². The molecule has 0 aromatic carbocycles. The van der Waals surface area contributed by atoms with Crippen LogP contribution in [0.5, 0.6) is 0 Å². The van der Waals surface area contributed by atoms with Gasteiger partial charge in [-0.3, -0.25) is 14.4 Å². The molecule has 1 N–H and O–H groups in total. The summed E-state index contributed by atoms with van der Waals surface area (Å²) in [5.74, 6) is -1.37. The van der Waals surface area contributed by atoms with Gasteiger partial charge in [0.2, 0.25) is 11.8 Å². The lowest BCUT2D eigenvalue weighted by Gasteiger charge is -2.34. The topological polar surface area (TPSA) is 77.9 Å². The lowest BCUT2D eigenvalue weighted by atomic mass is 9.95. The first-order valence-electron chi connectivity index (χ1n) is 7.52. The van der Waals surface area contributed by atoms with Crippen molar-refractivity contribution in [2.24, 2.45) is 11.8 Å². The van der Waals surface area contributed by atoms with Gasteiger partial charge in [0.25, 0.3) is 0 Å². The molecule has 6 heteroatoms. The minimum absolute atomic E-state index is 0.000983. The van der Waals surface area contributed by atoms with Gasteiger partial charge < -0.3 is 14.9 Å². The van der Waals surface area contributed by atoms with Crippen LogP contribution in [0.4, 0.5) is 0 Å². The van der Waals surface area contributed by atoms with Gasteiger partial charge >= 0.3 is 5.97 Å². The third-order valence-corrected chi connectivity index (χ3v) is 4.44. The van der Waals surface area contributed by atoms with Gasteiger partial charge in [-0.15, -0.1) is 0 Å². The summed E-state index contributed by atoms with van der Waals surface area (Å²) in [7, 11) is 0. The number of piperidine rings is 1. The van der Waals surface area contributed by atoms with E-state index in [1.165, 1.54) is 0 Å². The van der Waals surface area contributed by atoms with E-state index in [0.29, 0.717) is 32.5 Å². The molecular weight excluding hydrogens is 272 g/mol. The molecule has 0 aromatic rings. The fraction of sp³-hybridized carbons (Fsp3) is 0.800. The molecule has 0 saturated carbocycles. The predicted octanol–water partition coefficient (Wildman–Crippen LogP) is 0.957. The first-order valence-corrected chi connectivity index (χ1v) is 7.52. The smallest absolute Gasteiger partial charge is 0.306 e. The SMILES string of the molecule is CC(C)(C)N1CC(C(=O)N2CCC(C(=O)O)CC2)CC1=O. The van der Waals surface area contributed by atoms with E-state index in [1.807, 2.05) is 20.8 Å². The Labute approximate surface area is 125 Å². The normalized spacial score (nSPS) is 24.5. The molecule has 2 saturated heterocycles. The Morgan fingerprint density at radius 1 is 1.14 bits per heavy atom. The van der Waals surface area contributed by atoms with Crippen LogP contribution in [-0.4, -0.2) is 57.9 Å². The number of likely N-dealkylation sites (tertiary alicyclic amines) is 2. The third-order valence-electron chi connectivity index (χ3n) is 4.44. The molecule has 0 bridgehead atoms. The van der Waals surface area contributed by atoms with Crippen molar-refractivity contribution in [3.8, 4) is 0 Å².